The van der Waals surface area contributed by atoms with Gasteiger partial charge in [-0.15, -0.1) is 0 Å². The number of phenols is 3. The molecule has 0 aliphatic rings. The molecule has 2 aromatic rings. The molecular formula is C15H16O3. The molecule has 0 heterocycles. The maximum Gasteiger partial charge on any atom is 0.165 e. The van der Waals surface area contributed by atoms with Crippen LogP contribution in [-0.2, 0) is 0 Å². The molecule has 3 N–H and O–H groups in total. The summed E-state index contributed by atoms with van der Waals surface area (Å²) >= 11 is 0. The van der Waals surface area contributed by atoms with Crippen molar-refractivity contribution in [3.63, 3.8) is 0 Å². The molecule has 0 aliphatic heterocycles. The molecule has 0 saturated carbocycles. The van der Waals surface area contributed by atoms with Crippen LogP contribution in [0.15, 0.2) is 24.3 Å². The zero-order chi connectivity index (χ0) is 13.4. The fourth-order valence-electron chi connectivity index (χ4n) is 2.15. The summed E-state index contributed by atoms with van der Waals surface area (Å²) in [5, 5.41) is 29.3. The highest BCUT2D eigenvalue weighted by atomic mass is 16.3. The Kier molecular flexibility index (Phi) is 2.91. The first-order chi connectivity index (χ1) is 8.41. The quantitative estimate of drug-likeness (QED) is 0.674. The molecule has 0 unspecified atom stereocenters. The topological polar surface area (TPSA) is 60.7 Å². The van der Waals surface area contributed by atoms with Crippen molar-refractivity contribution in [1.82, 2.24) is 0 Å². The van der Waals surface area contributed by atoms with E-state index in [1.807, 2.05) is 6.92 Å². The van der Waals surface area contributed by atoms with Crippen LogP contribution in [0.3, 0.4) is 0 Å². The summed E-state index contributed by atoms with van der Waals surface area (Å²) < 4.78 is 0. The van der Waals surface area contributed by atoms with E-state index in [0.717, 1.165) is 22.3 Å². The van der Waals surface area contributed by atoms with Gasteiger partial charge in [0.2, 0.25) is 0 Å². The molecule has 0 aromatic heterocycles. The third-order valence-electron chi connectivity index (χ3n) is 3.14. The van der Waals surface area contributed by atoms with Gasteiger partial charge in [0.25, 0.3) is 0 Å². The molecule has 0 bridgehead atoms. The molecule has 18 heavy (non-hydrogen) atoms. The van der Waals surface area contributed by atoms with Gasteiger partial charge >= 0.3 is 0 Å². The predicted molar refractivity (Wildman–Crippen MR) is 71.1 cm³/mol. The van der Waals surface area contributed by atoms with Crippen LogP contribution in [0.1, 0.15) is 16.7 Å². The average Bonchev–Trinajstić information content (AvgIpc) is 2.31. The molecule has 3 nitrogen and oxygen atoms in total. The molecule has 0 spiro atoms. The van der Waals surface area contributed by atoms with Gasteiger partial charge in [-0.3, -0.25) is 0 Å². The number of rotatable bonds is 1. The molecular weight excluding hydrogens is 228 g/mol. The number of benzene rings is 2. The van der Waals surface area contributed by atoms with E-state index in [4.69, 9.17) is 0 Å². The Morgan fingerprint density at radius 3 is 1.83 bits per heavy atom. The summed E-state index contributed by atoms with van der Waals surface area (Å²) in [5.74, 6) is -0.00508. The zero-order valence-corrected chi connectivity index (χ0v) is 10.7. The number of phenolic OH excluding ortho intramolecular Hbond substituents is 3. The summed E-state index contributed by atoms with van der Waals surface area (Å²) in [6.07, 6.45) is 0. The lowest BCUT2D eigenvalue weighted by molar-refractivity contribution is 0.405. The highest BCUT2D eigenvalue weighted by Crippen LogP contribution is 2.40. The van der Waals surface area contributed by atoms with Gasteiger partial charge in [-0.1, -0.05) is 6.07 Å². The minimum Gasteiger partial charge on any atom is -0.507 e. The van der Waals surface area contributed by atoms with Crippen LogP contribution in [0.2, 0.25) is 0 Å². The fraction of sp³-hybridized carbons (Fsp3) is 0.200. The lowest BCUT2D eigenvalue weighted by Gasteiger charge is -2.13. The normalized spacial score (nSPS) is 10.6. The van der Waals surface area contributed by atoms with Gasteiger partial charge in [0, 0.05) is 5.56 Å². The molecule has 2 aromatic carbocycles. The molecule has 3 heteroatoms. The monoisotopic (exact) mass is 244 g/mol. The minimum absolute atomic E-state index is 0.125. The van der Waals surface area contributed by atoms with Crippen molar-refractivity contribution in [2.45, 2.75) is 20.8 Å². The molecule has 94 valence electrons. The van der Waals surface area contributed by atoms with Crippen molar-refractivity contribution < 1.29 is 15.3 Å². The van der Waals surface area contributed by atoms with E-state index < -0.39 is 0 Å². The van der Waals surface area contributed by atoms with Crippen molar-refractivity contribution in [2.24, 2.45) is 0 Å². The van der Waals surface area contributed by atoms with Crippen LogP contribution < -0.4 is 0 Å². The largest absolute Gasteiger partial charge is 0.507 e. The second-order valence-electron chi connectivity index (χ2n) is 4.58. The van der Waals surface area contributed by atoms with E-state index in [1.165, 1.54) is 6.07 Å². The Bertz CT molecular complexity index is 592. The molecule has 2 rings (SSSR count). The Balaban J connectivity index is 2.74. The lowest BCUT2D eigenvalue weighted by Crippen LogP contribution is -1.88. The van der Waals surface area contributed by atoms with E-state index in [9.17, 15) is 15.3 Å². The van der Waals surface area contributed by atoms with Gasteiger partial charge in [0.05, 0.1) is 0 Å². The van der Waals surface area contributed by atoms with Crippen molar-refractivity contribution in [1.29, 1.82) is 0 Å². The van der Waals surface area contributed by atoms with Gasteiger partial charge < -0.3 is 15.3 Å². The van der Waals surface area contributed by atoms with Crippen LogP contribution in [0.25, 0.3) is 11.1 Å². The summed E-state index contributed by atoms with van der Waals surface area (Å²) in [5.41, 5.74) is 3.74. The van der Waals surface area contributed by atoms with E-state index >= 15 is 0 Å². The predicted octanol–water partition coefficient (Wildman–Crippen LogP) is 3.40. The van der Waals surface area contributed by atoms with E-state index in [2.05, 4.69) is 0 Å². The van der Waals surface area contributed by atoms with Crippen molar-refractivity contribution in [2.75, 3.05) is 0 Å². The second kappa shape index (κ2) is 4.26. The van der Waals surface area contributed by atoms with Crippen LogP contribution in [0.4, 0.5) is 0 Å². The third-order valence-corrected chi connectivity index (χ3v) is 3.14. The first-order valence-corrected chi connectivity index (χ1v) is 5.74. The van der Waals surface area contributed by atoms with Gasteiger partial charge in [0.15, 0.2) is 11.5 Å². The van der Waals surface area contributed by atoms with E-state index in [1.54, 1.807) is 32.0 Å². The smallest absolute Gasteiger partial charge is 0.165 e. The number of hydrogen-bond acceptors (Lipinski definition) is 3. The lowest BCUT2D eigenvalue weighted by atomic mass is 9.95. The molecule has 0 atom stereocenters. The summed E-state index contributed by atoms with van der Waals surface area (Å²) in [7, 11) is 0. The van der Waals surface area contributed by atoms with Crippen LogP contribution in [-0.4, -0.2) is 15.3 Å². The van der Waals surface area contributed by atoms with Gasteiger partial charge in [-0.2, -0.15) is 0 Å². The van der Waals surface area contributed by atoms with Gasteiger partial charge in [-0.25, -0.2) is 0 Å². The van der Waals surface area contributed by atoms with Gasteiger partial charge in [-0.05, 0) is 61.2 Å². The molecule has 0 fully saturated rings. The first-order valence-electron chi connectivity index (χ1n) is 5.74. The van der Waals surface area contributed by atoms with E-state index in [-0.39, 0.29) is 17.2 Å². The zero-order valence-electron chi connectivity index (χ0n) is 10.7. The third kappa shape index (κ3) is 1.88. The summed E-state index contributed by atoms with van der Waals surface area (Å²) in [6.45, 7) is 5.48. The minimum atomic E-state index is -0.140. The first kappa shape index (κ1) is 12.3. The van der Waals surface area contributed by atoms with E-state index in [0.29, 0.717) is 5.56 Å². The molecule has 0 radical (unpaired) electrons. The van der Waals surface area contributed by atoms with Crippen LogP contribution in [0, 0.1) is 20.8 Å². The maximum absolute atomic E-state index is 9.97. The average molecular weight is 244 g/mol. The second-order valence-corrected chi connectivity index (χ2v) is 4.58. The summed E-state index contributed by atoms with van der Waals surface area (Å²) in [4.78, 5) is 0. The molecule has 0 saturated heterocycles. The Labute approximate surface area is 106 Å². The van der Waals surface area contributed by atoms with Crippen LogP contribution in [0.5, 0.6) is 17.2 Å². The van der Waals surface area contributed by atoms with Crippen molar-refractivity contribution >= 4 is 0 Å². The number of aryl methyl sites for hydroxylation is 3. The SMILES string of the molecule is Cc1cc(-c2c(C)ccc(O)c2O)cc(C)c1O. The molecule has 0 aliphatic carbocycles. The summed E-state index contributed by atoms with van der Waals surface area (Å²) in [6, 6.07) is 6.81. The molecule has 0 amide bonds. The van der Waals surface area contributed by atoms with Gasteiger partial charge in [0.1, 0.15) is 5.75 Å². The standard InChI is InChI=1S/C15H16O3/c1-8-4-5-12(16)15(18)13(8)11-6-9(2)14(17)10(3)7-11/h4-7,16-18H,1-3H3. The number of aromatic hydroxyl groups is 3. The highest BCUT2D eigenvalue weighted by molar-refractivity contribution is 5.78. The highest BCUT2D eigenvalue weighted by Gasteiger charge is 2.14. The Morgan fingerprint density at radius 1 is 0.722 bits per heavy atom. The van der Waals surface area contributed by atoms with Crippen molar-refractivity contribution in [3.8, 4) is 28.4 Å². The number of hydrogen-bond donors (Lipinski definition) is 3. The van der Waals surface area contributed by atoms with Crippen LogP contribution >= 0.6 is 0 Å². The maximum atomic E-state index is 9.97. The Morgan fingerprint density at radius 2 is 1.28 bits per heavy atom. The van der Waals surface area contributed by atoms with Crippen molar-refractivity contribution in [3.05, 3.63) is 41.0 Å². The Hall–Kier alpha value is -2.16. The fourth-order valence-corrected chi connectivity index (χ4v) is 2.15.